The maximum Gasteiger partial charge on any atom is 0.327 e. The maximum absolute atomic E-state index is 13.3. The molecule has 0 unspecified atom stereocenters. The Bertz CT molecular complexity index is 1660. The van der Waals surface area contributed by atoms with E-state index in [1.54, 1.807) is 51.1 Å². The topological polar surface area (TPSA) is 160 Å². The van der Waals surface area contributed by atoms with Crippen LogP contribution in [0, 0.1) is 0 Å². The van der Waals surface area contributed by atoms with E-state index < -0.39 is 63.9 Å². The Hall–Kier alpha value is -4.46. The lowest BCUT2D eigenvalue weighted by molar-refractivity contribution is -0.697. The number of piperazine rings is 1. The molecular weight excluding hydrogens is 757 g/mol. The number of urea groups is 1. The summed E-state index contributed by atoms with van der Waals surface area (Å²) in [5.41, 5.74) is 0.403. The van der Waals surface area contributed by atoms with E-state index in [9.17, 15) is 33.9 Å². The van der Waals surface area contributed by atoms with Crippen molar-refractivity contribution in [2.75, 3.05) is 19.6 Å². The van der Waals surface area contributed by atoms with Gasteiger partial charge in [0.1, 0.15) is 30.0 Å². The van der Waals surface area contributed by atoms with Gasteiger partial charge in [0.25, 0.3) is 0 Å². The number of rotatable bonds is 21. The molecule has 4 atom stereocenters. The molecule has 58 heavy (non-hydrogen) atoms. The molecule has 0 bridgehead atoms. The largest absolute Gasteiger partial charge is 0.480 e. The van der Waals surface area contributed by atoms with Gasteiger partial charge in [0.15, 0.2) is 12.4 Å². The number of benzene rings is 1. The summed E-state index contributed by atoms with van der Waals surface area (Å²) in [5, 5.41) is 14.2. The van der Waals surface area contributed by atoms with Crippen molar-refractivity contribution in [3.05, 3.63) is 66.5 Å². The van der Waals surface area contributed by atoms with Crippen LogP contribution in [0.1, 0.15) is 129 Å². The maximum atomic E-state index is 13.3. The van der Waals surface area contributed by atoms with Gasteiger partial charge in [0.2, 0.25) is 11.8 Å². The van der Waals surface area contributed by atoms with Crippen LogP contribution >= 0.6 is 11.8 Å². The van der Waals surface area contributed by atoms with Crippen LogP contribution in [0.3, 0.4) is 0 Å². The summed E-state index contributed by atoms with van der Waals surface area (Å²) in [7, 11) is 0. The number of nitrogens with one attached hydrogen (secondary N) is 2. The first-order valence-electron chi connectivity index (χ1n) is 21.3. The average Bonchev–Trinajstić information content (AvgIpc) is 3.48. The Morgan fingerprint density at radius 1 is 0.793 bits per heavy atom. The van der Waals surface area contributed by atoms with Crippen LogP contribution in [0.15, 0.2) is 60.9 Å². The van der Waals surface area contributed by atoms with E-state index in [0.29, 0.717) is 12.1 Å². The van der Waals surface area contributed by atoms with Crippen molar-refractivity contribution in [1.82, 2.24) is 25.3 Å². The predicted molar refractivity (Wildman–Crippen MR) is 224 cm³/mol. The Morgan fingerprint density at radius 2 is 1.34 bits per heavy atom. The molecule has 3 aliphatic rings. The number of amides is 6. The summed E-state index contributed by atoms with van der Waals surface area (Å²) in [4.78, 5) is 78.8. The Morgan fingerprint density at radius 3 is 1.90 bits per heavy atom. The molecule has 3 aliphatic heterocycles. The van der Waals surface area contributed by atoms with E-state index in [1.807, 2.05) is 0 Å². The first kappa shape index (κ1) is 46.2. The highest BCUT2D eigenvalue weighted by atomic mass is 32.2. The number of fused-ring (bicyclic) bond motifs is 1. The number of nitrogens with zero attached hydrogens (tertiary/aromatic N) is 4. The molecule has 3 fully saturated rings. The molecule has 1 aromatic carbocycles. The molecule has 2 aromatic rings. The third-order valence-corrected chi connectivity index (χ3v) is 12.7. The summed E-state index contributed by atoms with van der Waals surface area (Å²) < 4.78 is 1.53. The highest BCUT2D eigenvalue weighted by Gasteiger charge is 2.64. The number of β-lactam (4-membered cyclic amide) rings is 1. The van der Waals surface area contributed by atoms with Gasteiger partial charge in [-0.15, -0.1) is 11.8 Å². The summed E-state index contributed by atoms with van der Waals surface area (Å²) in [6.07, 6.45) is 24.4. The fourth-order valence-corrected chi connectivity index (χ4v) is 9.40. The Balaban J connectivity index is 0.000000291. The molecule has 3 saturated heterocycles. The van der Waals surface area contributed by atoms with Crippen molar-refractivity contribution in [3.8, 4) is 0 Å². The van der Waals surface area contributed by atoms with Crippen LogP contribution in [0.25, 0.3) is 0 Å². The first-order chi connectivity index (χ1) is 27.9. The minimum absolute atomic E-state index is 0.0200. The Kier molecular flexibility index (Phi) is 18.5. The minimum atomic E-state index is -1.26. The molecule has 1 aromatic heterocycles. The lowest BCUT2D eigenvalue weighted by Gasteiger charge is -2.44. The number of carboxylic acid groups (broad SMARTS) is 1. The molecular formula is C44H65N6O7S+. The highest BCUT2D eigenvalue weighted by Crippen LogP contribution is 2.50. The lowest BCUT2D eigenvalue weighted by atomic mass is 9.95. The second-order valence-corrected chi connectivity index (χ2v) is 17.7. The van der Waals surface area contributed by atoms with Gasteiger partial charge in [-0.2, -0.15) is 0 Å². The molecule has 4 heterocycles. The van der Waals surface area contributed by atoms with Crippen LogP contribution in [0.4, 0.5) is 4.79 Å². The Labute approximate surface area is 348 Å². The van der Waals surface area contributed by atoms with Crippen molar-refractivity contribution in [3.63, 3.8) is 0 Å². The summed E-state index contributed by atoms with van der Waals surface area (Å²) in [6, 6.07) is 10.4. The van der Waals surface area contributed by atoms with Gasteiger partial charge in [-0.25, -0.2) is 14.2 Å². The number of aryl methyl sites for hydroxylation is 1. The van der Waals surface area contributed by atoms with Crippen LogP contribution in [-0.4, -0.2) is 97.3 Å². The van der Waals surface area contributed by atoms with Crippen molar-refractivity contribution >= 4 is 47.4 Å². The van der Waals surface area contributed by atoms with Gasteiger partial charge in [0, 0.05) is 42.9 Å². The number of pyridine rings is 1. The number of hydrogen-bond donors (Lipinski definition) is 3. The van der Waals surface area contributed by atoms with Crippen molar-refractivity contribution in [2.24, 2.45) is 0 Å². The second kappa shape index (κ2) is 23.2. The zero-order valence-corrected chi connectivity index (χ0v) is 35.7. The monoisotopic (exact) mass is 821 g/mol. The first-order valence-corrected chi connectivity index (χ1v) is 22.2. The van der Waals surface area contributed by atoms with Crippen molar-refractivity contribution in [2.45, 2.75) is 152 Å². The van der Waals surface area contributed by atoms with Gasteiger partial charge >= 0.3 is 23.8 Å². The van der Waals surface area contributed by atoms with E-state index in [2.05, 4.69) is 52.7 Å². The average molecular weight is 822 g/mol. The molecule has 5 rings (SSSR count). The van der Waals surface area contributed by atoms with E-state index in [0.717, 1.165) is 4.90 Å². The number of thioether (sulfide) groups is 1. The quantitative estimate of drug-likeness (QED) is 0.0580. The minimum Gasteiger partial charge on any atom is -0.480 e. The number of carbonyl (C=O) groups excluding carboxylic acids is 5. The van der Waals surface area contributed by atoms with Gasteiger partial charge in [-0.3, -0.25) is 24.1 Å². The predicted octanol–water partition coefficient (Wildman–Crippen LogP) is 6.22. The van der Waals surface area contributed by atoms with E-state index in [-0.39, 0.29) is 13.1 Å². The molecule has 318 valence electrons. The normalized spacial score (nSPS) is 20.1. The van der Waals surface area contributed by atoms with Gasteiger partial charge in [-0.1, -0.05) is 120 Å². The van der Waals surface area contributed by atoms with E-state index in [1.165, 1.54) is 118 Å². The number of aromatic nitrogens is 1. The third kappa shape index (κ3) is 12.8. The van der Waals surface area contributed by atoms with Crippen molar-refractivity contribution in [1.29, 1.82) is 0 Å². The number of unbranched alkanes of at least 4 members (excludes halogenated alkanes) is 13. The van der Waals surface area contributed by atoms with Crippen LogP contribution in [0.2, 0.25) is 0 Å². The summed E-state index contributed by atoms with van der Waals surface area (Å²) in [6.45, 7) is 9.15. The third-order valence-electron chi connectivity index (χ3n) is 11.1. The fraction of sp³-hybridized carbons (Fsp3) is 0.614. The molecule has 0 saturated carbocycles. The summed E-state index contributed by atoms with van der Waals surface area (Å²) in [5.74, 6) is -4.12. The molecule has 0 aliphatic carbocycles. The highest BCUT2D eigenvalue weighted by molar-refractivity contribution is 8.01. The fourth-order valence-electron chi connectivity index (χ4n) is 7.77. The number of likely N-dealkylation sites (N-methyl/N-ethyl adjacent to an activating group) is 1. The van der Waals surface area contributed by atoms with Gasteiger partial charge < -0.3 is 25.5 Å². The number of aliphatic carboxylic acids is 1. The molecule has 3 N–H and O–H groups in total. The van der Waals surface area contributed by atoms with Gasteiger partial charge in [-0.05, 0) is 32.8 Å². The molecule has 14 heteroatoms. The molecule has 6 amide bonds. The van der Waals surface area contributed by atoms with Crippen LogP contribution in [0.5, 0.6) is 0 Å². The smallest absolute Gasteiger partial charge is 0.327 e. The molecule has 0 spiro atoms. The molecule has 0 radical (unpaired) electrons. The number of hydrogen-bond acceptors (Lipinski definition) is 7. The van der Waals surface area contributed by atoms with Crippen LogP contribution < -0.4 is 15.2 Å². The number of imide groups is 1. The van der Waals surface area contributed by atoms with E-state index >= 15 is 0 Å². The number of carbonyl (C=O) groups is 6. The van der Waals surface area contributed by atoms with Gasteiger partial charge in [0.05, 0.1) is 0 Å². The SMILES string of the molecule is CCCCCCCCCCCCCCCC[n+]1ccccc1.CCN1CCN(C(=O)N[C@@H](C(=O)N[C@@H]2C(=O)N3[C@@H]2SC(C)(C)[C@@H]3C(=O)O)c2ccccc2)C(=O)C1=O. The number of carboxylic acids is 1. The van der Waals surface area contributed by atoms with E-state index in [4.69, 9.17) is 0 Å². The summed E-state index contributed by atoms with van der Waals surface area (Å²) >= 11 is 1.28. The zero-order chi connectivity index (χ0) is 42.1. The standard InChI is InChI=1S/C23H27N5O7S.C21H38N/c1-4-26-10-11-27(19(32)18(26)31)22(35)25-13(12-8-6-5-7-9-12)16(29)24-14-17(30)28-15(21(33)34)23(2,3)36-20(14)28;1-2-3-4-5-6-7-8-9-10-11-12-13-14-16-19-22-20-17-15-18-21-22/h5-9,13-15,20H,4,10-11H2,1-3H3,(H,24,29)(H,25,35)(H,33,34);15,17-18,20-21H,2-14,16,19H2,1H3/q;+1/t13-,14-,15+,20-;/m1./s1. The molecule has 13 nitrogen and oxygen atoms in total. The second-order valence-electron chi connectivity index (χ2n) is 15.9. The van der Waals surface area contributed by atoms with Crippen molar-refractivity contribution < 1.29 is 38.4 Å². The lowest BCUT2D eigenvalue weighted by Crippen LogP contribution is -2.71. The van der Waals surface area contributed by atoms with Crippen LogP contribution in [-0.2, 0) is 30.5 Å². The zero-order valence-electron chi connectivity index (χ0n) is 34.9.